The summed E-state index contributed by atoms with van der Waals surface area (Å²) in [4.78, 5) is 12.9. The van der Waals surface area contributed by atoms with Gasteiger partial charge in [-0.15, -0.1) is 0 Å². The number of hydrogen-bond donors (Lipinski definition) is 1. The van der Waals surface area contributed by atoms with Crippen molar-refractivity contribution in [2.45, 2.75) is 49.5 Å². The first-order valence-corrected chi connectivity index (χ1v) is 12.6. The molecule has 2 fully saturated rings. The van der Waals surface area contributed by atoms with Gasteiger partial charge in [0.25, 0.3) is 0 Å². The summed E-state index contributed by atoms with van der Waals surface area (Å²) in [5, 5.41) is 3.26. The summed E-state index contributed by atoms with van der Waals surface area (Å²) in [5.41, 5.74) is 3.07. The molecule has 1 amide bonds. The molecule has 1 N–H and O–H groups in total. The van der Waals surface area contributed by atoms with E-state index >= 15 is 0 Å². The molecular weight excluding hydrogens is 396 g/mol. The Morgan fingerprint density at radius 2 is 1.70 bits per heavy atom. The zero-order valence-electron chi connectivity index (χ0n) is 17.3. The monoisotopic (exact) mass is 424 g/mol. The van der Waals surface area contributed by atoms with Gasteiger partial charge in [-0.25, -0.2) is 8.42 Å². The van der Waals surface area contributed by atoms with Crippen LogP contribution in [0.2, 0.25) is 0 Å². The van der Waals surface area contributed by atoms with Crippen LogP contribution in [0.15, 0.2) is 54.6 Å². The molecule has 6 heteroatoms. The van der Waals surface area contributed by atoms with Crippen molar-refractivity contribution in [3.63, 3.8) is 0 Å². The molecule has 5 rings (SSSR count). The van der Waals surface area contributed by atoms with Crippen molar-refractivity contribution < 1.29 is 13.2 Å². The van der Waals surface area contributed by atoms with Crippen LogP contribution in [-0.4, -0.2) is 33.2 Å². The summed E-state index contributed by atoms with van der Waals surface area (Å²) in [7, 11) is -3.31. The fourth-order valence-corrected chi connectivity index (χ4v) is 6.46. The van der Waals surface area contributed by atoms with E-state index in [4.69, 9.17) is 0 Å². The molecule has 1 spiro atoms. The number of rotatable bonds is 4. The highest BCUT2D eigenvalue weighted by molar-refractivity contribution is 7.92. The van der Waals surface area contributed by atoms with Crippen LogP contribution < -0.4 is 9.62 Å². The summed E-state index contributed by atoms with van der Waals surface area (Å²) in [5.74, 6) is 0.627. The summed E-state index contributed by atoms with van der Waals surface area (Å²) in [6, 6.07) is 18.5. The van der Waals surface area contributed by atoms with Crippen LogP contribution in [-0.2, 0) is 20.2 Å². The third kappa shape index (κ3) is 3.41. The summed E-state index contributed by atoms with van der Waals surface area (Å²) in [6.45, 7) is 0.498. The van der Waals surface area contributed by atoms with Gasteiger partial charge in [0.2, 0.25) is 15.9 Å². The fraction of sp³-hybridized carbons (Fsp3) is 0.458. The Balaban J connectivity index is 1.24. The Bertz CT molecular complexity index is 1060. The molecule has 158 valence electrons. The maximum absolute atomic E-state index is 12.9. The van der Waals surface area contributed by atoms with Gasteiger partial charge in [-0.1, -0.05) is 48.5 Å². The van der Waals surface area contributed by atoms with Crippen molar-refractivity contribution in [1.82, 2.24) is 5.32 Å². The number of carbonyl (C=O) groups is 1. The Morgan fingerprint density at radius 3 is 2.40 bits per heavy atom. The van der Waals surface area contributed by atoms with Crippen LogP contribution in [0.4, 0.5) is 5.69 Å². The predicted molar refractivity (Wildman–Crippen MR) is 118 cm³/mol. The first-order chi connectivity index (χ1) is 14.4. The standard InChI is InChI=1S/C24H28N2O3S/c1-30(28,29)26-16-24(20-9-5-6-10-22(20)26)13-11-18(12-14-24)23(27)25-21-15-19(21)17-7-3-2-4-8-17/h2-10,18-19,21H,11-16H2,1H3,(H,25,27). The number of carbonyl (C=O) groups excluding carboxylic acids is 1. The zero-order valence-corrected chi connectivity index (χ0v) is 18.1. The number of nitrogens with zero attached hydrogens (tertiary/aromatic N) is 1. The fourth-order valence-electron chi connectivity index (χ4n) is 5.46. The Morgan fingerprint density at radius 1 is 1.03 bits per heavy atom. The number of nitrogens with one attached hydrogen (secondary N) is 1. The number of benzene rings is 2. The number of para-hydroxylation sites is 1. The average molecular weight is 425 g/mol. The third-order valence-corrected chi connectivity index (χ3v) is 8.38. The van der Waals surface area contributed by atoms with E-state index < -0.39 is 10.0 Å². The molecule has 2 aromatic rings. The molecule has 0 aromatic heterocycles. The van der Waals surface area contributed by atoms with E-state index in [1.54, 1.807) is 4.31 Å². The van der Waals surface area contributed by atoms with Crippen LogP contribution in [0.3, 0.4) is 0 Å². The first-order valence-electron chi connectivity index (χ1n) is 10.8. The van der Waals surface area contributed by atoms with E-state index in [2.05, 4.69) is 23.5 Å². The second-order valence-corrected chi connectivity index (χ2v) is 11.1. The highest BCUT2D eigenvalue weighted by atomic mass is 32.2. The highest BCUT2D eigenvalue weighted by Crippen LogP contribution is 2.51. The first kappa shape index (κ1) is 19.6. The Labute approximate surface area is 178 Å². The Hall–Kier alpha value is -2.34. The number of fused-ring (bicyclic) bond motifs is 2. The van der Waals surface area contributed by atoms with Gasteiger partial charge in [0.05, 0.1) is 11.9 Å². The molecule has 30 heavy (non-hydrogen) atoms. The van der Waals surface area contributed by atoms with Crippen molar-refractivity contribution in [1.29, 1.82) is 0 Å². The van der Waals surface area contributed by atoms with E-state index in [1.807, 2.05) is 36.4 Å². The molecule has 0 bridgehead atoms. The van der Waals surface area contributed by atoms with E-state index in [0.29, 0.717) is 12.5 Å². The number of sulfonamides is 1. The van der Waals surface area contributed by atoms with Crippen LogP contribution in [0.25, 0.3) is 0 Å². The van der Waals surface area contributed by atoms with Crippen molar-refractivity contribution in [3.8, 4) is 0 Å². The predicted octanol–water partition coefficient (Wildman–Crippen LogP) is 3.57. The maximum atomic E-state index is 12.9. The van der Waals surface area contributed by atoms with Crippen LogP contribution in [0.1, 0.15) is 49.1 Å². The lowest BCUT2D eigenvalue weighted by atomic mass is 9.67. The van der Waals surface area contributed by atoms with Crippen molar-refractivity contribution in [2.75, 3.05) is 17.1 Å². The average Bonchev–Trinajstić information content (AvgIpc) is 3.43. The van der Waals surface area contributed by atoms with E-state index in [9.17, 15) is 13.2 Å². The lowest BCUT2D eigenvalue weighted by Gasteiger charge is -2.37. The molecule has 2 unspecified atom stereocenters. The second-order valence-electron chi connectivity index (χ2n) is 9.21. The number of amides is 1. The van der Waals surface area contributed by atoms with E-state index in [0.717, 1.165) is 43.4 Å². The van der Waals surface area contributed by atoms with Crippen molar-refractivity contribution in [3.05, 3.63) is 65.7 Å². The van der Waals surface area contributed by atoms with Gasteiger partial charge >= 0.3 is 0 Å². The van der Waals surface area contributed by atoms with Crippen LogP contribution in [0, 0.1) is 5.92 Å². The van der Waals surface area contributed by atoms with Crippen molar-refractivity contribution in [2.24, 2.45) is 5.92 Å². The zero-order chi connectivity index (χ0) is 20.9. The second kappa shape index (κ2) is 7.12. The van der Waals surface area contributed by atoms with Gasteiger partial charge < -0.3 is 5.32 Å². The minimum Gasteiger partial charge on any atom is -0.352 e. The lowest BCUT2D eigenvalue weighted by Crippen LogP contribution is -2.42. The Kier molecular flexibility index (Phi) is 4.65. The molecule has 1 aliphatic heterocycles. The van der Waals surface area contributed by atoms with Gasteiger partial charge in [-0.2, -0.15) is 0 Å². The maximum Gasteiger partial charge on any atom is 0.232 e. The molecule has 2 atom stereocenters. The lowest BCUT2D eigenvalue weighted by molar-refractivity contribution is -0.126. The largest absolute Gasteiger partial charge is 0.352 e. The highest BCUT2D eigenvalue weighted by Gasteiger charge is 2.48. The summed E-state index contributed by atoms with van der Waals surface area (Å²) >= 11 is 0. The minimum absolute atomic E-state index is 0.0205. The van der Waals surface area contributed by atoms with Crippen LogP contribution in [0.5, 0.6) is 0 Å². The summed E-state index contributed by atoms with van der Waals surface area (Å²) < 4.78 is 26.2. The molecule has 2 saturated carbocycles. The molecular formula is C24H28N2O3S. The smallest absolute Gasteiger partial charge is 0.232 e. The molecule has 0 radical (unpaired) electrons. The molecule has 0 saturated heterocycles. The quantitative estimate of drug-likeness (QED) is 0.816. The molecule has 1 heterocycles. The van der Waals surface area contributed by atoms with Crippen LogP contribution >= 0.6 is 0 Å². The molecule has 5 nitrogen and oxygen atoms in total. The molecule has 3 aliphatic rings. The minimum atomic E-state index is -3.31. The van der Waals surface area contributed by atoms with E-state index in [1.165, 1.54) is 11.8 Å². The van der Waals surface area contributed by atoms with Gasteiger partial charge in [0.15, 0.2) is 0 Å². The molecule has 2 aliphatic carbocycles. The third-order valence-electron chi connectivity index (χ3n) is 7.25. The molecule has 2 aromatic carbocycles. The summed E-state index contributed by atoms with van der Waals surface area (Å²) in [6.07, 6.45) is 5.60. The SMILES string of the molecule is CS(=O)(=O)N1CC2(CCC(C(=O)NC3CC3c3ccccc3)CC2)c2ccccc21. The van der Waals surface area contributed by atoms with Gasteiger partial charge in [-0.05, 0) is 49.3 Å². The van der Waals surface area contributed by atoms with E-state index in [-0.39, 0.29) is 23.3 Å². The van der Waals surface area contributed by atoms with Gasteiger partial charge in [-0.3, -0.25) is 9.10 Å². The topological polar surface area (TPSA) is 66.5 Å². The normalized spacial score (nSPS) is 30.2. The number of anilines is 1. The number of hydrogen-bond acceptors (Lipinski definition) is 3. The van der Waals surface area contributed by atoms with Gasteiger partial charge in [0, 0.05) is 29.8 Å². The van der Waals surface area contributed by atoms with Crippen molar-refractivity contribution >= 4 is 21.6 Å². The van der Waals surface area contributed by atoms with Gasteiger partial charge in [0.1, 0.15) is 0 Å².